The van der Waals surface area contributed by atoms with Crippen molar-refractivity contribution in [1.82, 2.24) is 4.98 Å². The molecule has 0 saturated carbocycles. The molecule has 1 aromatic carbocycles. The lowest BCUT2D eigenvalue weighted by molar-refractivity contribution is -0.155. The molecule has 0 unspecified atom stereocenters. The Kier molecular flexibility index (Phi) is 5.94. The number of halogens is 1. The molecule has 2 aromatic rings. The van der Waals surface area contributed by atoms with Crippen molar-refractivity contribution >= 4 is 29.3 Å². The summed E-state index contributed by atoms with van der Waals surface area (Å²) in [7, 11) is 0. The molecule has 1 aromatic heterocycles. The van der Waals surface area contributed by atoms with E-state index in [1.165, 1.54) is 13.1 Å². The van der Waals surface area contributed by atoms with E-state index in [9.17, 15) is 9.59 Å². The van der Waals surface area contributed by atoms with Gasteiger partial charge in [-0.05, 0) is 31.2 Å². The zero-order chi connectivity index (χ0) is 16.7. The van der Waals surface area contributed by atoms with Crippen molar-refractivity contribution < 1.29 is 19.1 Å². The highest BCUT2D eigenvalue weighted by atomic mass is 35.5. The molecule has 0 fully saturated rings. The van der Waals surface area contributed by atoms with Crippen molar-refractivity contribution in [2.75, 3.05) is 11.9 Å². The number of anilines is 1. The molecular formula is C16H15ClN2O4. The highest BCUT2D eigenvalue weighted by molar-refractivity contribution is 6.30. The lowest BCUT2D eigenvalue weighted by Crippen LogP contribution is -2.31. The highest BCUT2D eigenvalue weighted by Crippen LogP contribution is 2.11. The summed E-state index contributed by atoms with van der Waals surface area (Å²) in [6, 6.07) is 12.0. The van der Waals surface area contributed by atoms with Gasteiger partial charge in [0.15, 0.2) is 12.7 Å². The molecule has 0 radical (unpaired) electrons. The summed E-state index contributed by atoms with van der Waals surface area (Å²) in [5, 5.41) is 2.98. The third kappa shape index (κ3) is 5.60. The fraction of sp³-hybridized carbons (Fsp3) is 0.188. The molecule has 0 aliphatic carbocycles. The van der Waals surface area contributed by atoms with Crippen LogP contribution in [0.15, 0.2) is 48.7 Å². The zero-order valence-corrected chi connectivity index (χ0v) is 13.1. The Hall–Kier alpha value is -2.60. The summed E-state index contributed by atoms with van der Waals surface area (Å²) in [5.74, 6) is -0.261. The largest absolute Gasteiger partial charge is 0.482 e. The normalized spacial score (nSPS) is 11.4. The van der Waals surface area contributed by atoms with Crippen LogP contribution in [0.4, 0.5) is 5.82 Å². The van der Waals surface area contributed by atoms with Gasteiger partial charge in [-0.3, -0.25) is 4.79 Å². The van der Waals surface area contributed by atoms with Gasteiger partial charge in [0.2, 0.25) is 0 Å². The average Bonchev–Trinajstić information content (AvgIpc) is 2.56. The van der Waals surface area contributed by atoms with Gasteiger partial charge in [0.05, 0.1) is 5.02 Å². The Morgan fingerprint density at radius 1 is 1.22 bits per heavy atom. The molecule has 7 heteroatoms. The summed E-state index contributed by atoms with van der Waals surface area (Å²) in [4.78, 5) is 27.5. The fourth-order valence-electron chi connectivity index (χ4n) is 1.62. The first-order chi connectivity index (χ1) is 11.0. The zero-order valence-electron chi connectivity index (χ0n) is 12.4. The van der Waals surface area contributed by atoms with Crippen molar-refractivity contribution in [2.45, 2.75) is 13.0 Å². The molecule has 1 atom stereocenters. The lowest BCUT2D eigenvalue weighted by atomic mass is 10.3. The third-order valence-corrected chi connectivity index (χ3v) is 2.98. The SMILES string of the molecule is C[C@H](OC(=O)COc1ccccc1)C(=O)Nc1ccc(Cl)cn1. The first-order valence-corrected chi connectivity index (χ1v) is 7.22. The average molecular weight is 335 g/mol. The minimum absolute atomic E-state index is 0.277. The van der Waals surface area contributed by atoms with E-state index in [1.54, 1.807) is 36.4 Å². The number of nitrogens with zero attached hydrogens (tertiary/aromatic N) is 1. The van der Waals surface area contributed by atoms with Crippen LogP contribution in [0.25, 0.3) is 0 Å². The van der Waals surface area contributed by atoms with Crippen LogP contribution < -0.4 is 10.1 Å². The van der Waals surface area contributed by atoms with Crippen molar-refractivity contribution in [3.63, 3.8) is 0 Å². The van der Waals surface area contributed by atoms with Crippen molar-refractivity contribution in [2.24, 2.45) is 0 Å². The number of hydrogen-bond donors (Lipinski definition) is 1. The number of aromatic nitrogens is 1. The smallest absolute Gasteiger partial charge is 0.344 e. The van der Waals surface area contributed by atoms with E-state index in [2.05, 4.69) is 10.3 Å². The van der Waals surface area contributed by atoms with Crippen LogP contribution in [0.2, 0.25) is 5.02 Å². The van der Waals surface area contributed by atoms with Crippen LogP contribution in [0, 0.1) is 0 Å². The number of hydrogen-bond acceptors (Lipinski definition) is 5. The Bertz CT molecular complexity index is 662. The summed E-state index contributed by atoms with van der Waals surface area (Å²) in [6.45, 7) is 1.19. The number of carbonyl (C=O) groups excluding carboxylic acids is 2. The first-order valence-electron chi connectivity index (χ1n) is 6.84. The number of ether oxygens (including phenoxy) is 2. The van der Waals surface area contributed by atoms with E-state index in [4.69, 9.17) is 21.1 Å². The van der Waals surface area contributed by atoms with Gasteiger partial charge >= 0.3 is 5.97 Å². The van der Waals surface area contributed by atoms with E-state index in [1.807, 2.05) is 6.07 Å². The molecule has 0 aliphatic heterocycles. The van der Waals surface area contributed by atoms with Crippen molar-refractivity contribution in [3.05, 3.63) is 53.7 Å². The molecule has 2 rings (SSSR count). The Morgan fingerprint density at radius 2 is 1.96 bits per heavy atom. The van der Waals surface area contributed by atoms with Gasteiger partial charge in [0, 0.05) is 6.20 Å². The minimum Gasteiger partial charge on any atom is -0.482 e. The second kappa shape index (κ2) is 8.14. The molecule has 23 heavy (non-hydrogen) atoms. The van der Waals surface area contributed by atoms with Gasteiger partial charge in [-0.1, -0.05) is 29.8 Å². The lowest BCUT2D eigenvalue weighted by Gasteiger charge is -2.13. The predicted molar refractivity (Wildman–Crippen MR) is 85.4 cm³/mol. The summed E-state index contributed by atoms with van der Waals surface area (Å²) >= 11 is 5.71. The summed E-state index contributed by atoms with van der Waals surface area (Å²) in [5.41, 5.74) is 0. The molecule has 0 saturated heterocycles. The predicted octanol–water partition coefficient (Wildman–Crippen LogP) is 2.68. The standard InChI is InChI=1S/C16H15ClN2O4/c1-11(16(21)19-14-8-7-12(17)9-18-14)23-15(20)10-22-13-5-3-2-4-6-13/h2-9,11H,10H2,1H3,(H,18,19,21)/t11-/m0/s1. The maximum absolute atomic E-state index is 11.9. The van der Waals surface area contributed by atoms with Crippen LogP contribution in [0.3, 0.4) is 0 Å². The van der Waals surface area contributed by atoms with Crippen LogP contribution in [0.1, 0.15) is 6.92 Å². The molecule has 120 valence electrons. The summed E-state index contributed by atoms with van der Waals surface area (Å²) < 4.78 is 10.2. The van der Waals surface area contributed by atoms with E-state index < -0.39 is 18.0 Å². The maximum atomic E-state index is 11.9. The van der Waals surface area contributed by atoms with Gasteiger partial charge in [-0.2, -0.15) is 0 Å². The second-order valence-corrected chi connectivity index (χ2v) is 5.02. The molecule has 0 aliphatic rings. The molecule has 0 spiro atoms. The third-order valence-electron chi connectivity index (χ3n) is 2.76. The topological polar surface area (TPSA) is 77.5 Å². The van der Waals surface area contributed by atoms with Gasteiger partial charge in [-0.15, -0.1) is 0 Å². The van der Waals surface area contributed by atoms with Gasteiger partial charge in [-0.25, -0.2) is 9.78 Å². The number of rotatable bonds is 6. The van der Waals surface area contributed by atoms with Gasteiger partial charge in [0.1, 0.15) is 11.6 Å². The van der Waals surface area contributed by atoms with Gasteiger partial charge in [0.25, 0.3) is 5.91 Å². The molecule has 1 N–H and O–H groups in total. The van der Waals surface area contributed by atoms with E-state index in [0.717, 1.165) is 0 Å². The second-order valence-electron chi connectivity index (χ2n) is 4.58. The monoisotopic (exact) mass is 334 g/mol. The van der Waals surface area contributed by atoms with Gasteiger partial charge < -0.3 is 14.8 Å². The maximum Gasteiger partial charge on any atom is 0.344 e. The summed E-state index contributed by atoms with van der Waals surface area (Å²) in [6.07, 6.45) is 0.431. The molecule has 6 nitrogen and oxygen atoms in total. The molecule has 1 amide bonds. The van der Waals surface area contributed by atoms with Crippen LogP contribution in [-0.4, -0.2) is 29.6 Å². The van der Waals surface area contributed by atoms with Crippen LogP contribution in [-0.2, 0) is 14.3 Å². The van der Waals surface area contributed by atoms with Crippen LogP contribution in [0.5, 0.6) is 5.75 Å². The highest BCUT2D eigenvalue weighted by Gasteiger charge is 2.18. The number of amides is 1. The number of esters is 1. The molecule has 1 heterocycles. The quantitative estimate of drug-likeness (QED) is 0.822. The number of nitrogens with one attached hydrogen (secondary N) is 1. The number of benzene rings is 1. The van der Waals surface area contributed by atoms with E-state index in [-0.39, 0.29) is 6.61 Å². The van der Waals surface area contributed by atoms with E-state index in [0.29, 0.717) is 16.6 Å². The Balaban J connectivity index is 1.78. The Morgan fingerprint density at radius 3 is 2.61 bits per heavy atom. The minimum atomic E-state index is -0.973. The number of pyridine rings is 1. The molecule has 0 bridgehead atoms. The number of carbonyl (C=O) groups is 2. The fourth-order valence-corrected chi connectivity index (χ4v) is 1.73. The number of para-hydroxylation sites is 1. The van der Waals surface area contributed by atoms with Crippen molar-refractivity contribution in [1.29, 1.82) is 0 Å². The van der Waals surface area contributed by atoms with Crippen LogP contribution >= 0.6 is 11.6 Å². The first kappa shape index (κ1) is 16.8. The molecular weight excluding hydrogens is 320 g/mol. The Labute approximate surface area is 138 Å². The van der Waals surface area contributed by atoms with Crippen molar-refractivity contribution in [3.8, 4) is 5.75 Å². The van der Waals surface area contributed by atoms with E-state index >= 15 is 0 Å².